The Kier molecular flexibility index (Phi) is 12.9. The first-order chi connectivity index (χ1) is 14.8. The molecule has 0 aliphatic rings. The van der Waals surface area contributed by atoms with Gasteiger partial charge in [-0.3, -0.25) is 24.0 Å². The Morgan fingerprint density at radius 2 is 1.34 bits per heavy atom. The summed E-state index contributed by atoms with van der Waals surface area (Å²) in [6.45, 7) is 1.12. The third-order valence-corrected chi connectivity index (χ3v) is 4.57. The molecule has 0 aliphatic heterocycles. The average Bonchev–Trinajstić information content (AvgIpc) is 2.69. The van der Waals surface area contributed by atoms with E-state index < -0.39 is 72.3 Å². The fraction of sp³-hybridized carbons (Fsp3) is 0.647. The normalized spacial score (nSPS) is 15.4. The van der Waals surface area contributed by atoms with Gasteiger partial charge in [0.15, 0.2) is 6.04 Å². The van der Waals surface area contributed by atoms with Crippen LogP contribution in [0, 0.1) is 0 Å². The number of carboxylic acid groups (broad SMARTS) is 2. The predicted octanol–water partition coefficient (Wildman–Crippen LogP) is -3.71. The van der Waals surface area contributed by atoms with Gasteiger partial charge in [-0.1, -0.05) is 0 Å². The standard InChI is InChI=1S/C17H29N5O9S/c1-7(23)13(17(30)31)22-16(29)9(2-4-11(19)24)21-15(28)10(3-5-12(25)26)20-14(27)8(18)6-32/h7-10,13,23,32H,2-6,18H2,1H3,(H2,19,24)(H,20,27)(H,21,28)(H,22,29)(H,25,26)(H,30,31). The first-order valence-electron chi connectivity index (χ1n) is 9.48. The molecule has 0 saturated heterocycles. The Balaban J connectivity index is 5.57. The highest BCUT2D eigenvalue weighted by molar-refractivity contribution is 7.80. The van der Waals surface area contributed by atoms with Crippen molar-refractivity contribution in [3.8, 4) is 0 Å². The molecule has 15 heteroatoms. The second-order valence-electron chi connectivity index (χ2n) is 6.91. The SMILES string of the molecule is CC(O)C(NC(=O)C(CCC(N)=O)NC(=O)C(CCC(=O)O)NC(=O)C(N)CS)C(=O)O. The van der Waals surface area contributed by atoms with Gasteiger partial charge in [-0.25, -0.2) is 4.79 Å². The molecule has 0 aromatic rings. The van der Waals surface area contributed by atoms with Crippen molar-refractivity contribution in [1.29, 1.82) is 0 Å². The molecule has 0 heterocycles. The molecule has 14 nitrogen and oxygen atoms in total. The molecule has 0 fully saturated rings. The molecule has 0 aromatic heterocycles. The number of carbonyl (C=O) groups excluding carboxylic acids is 4. The zero-order chi connectivity index (χ0) is 25.0. The van der Waals surface area contributed by atoms with Crippen molar-refractivity contribution in [1.82, 2.24) is 16.0 Å². The van der Waals surface area contributed by atoms with Gasteiger partial charge >= 0.3 is 11.9 Å². The summed E-state index contributed by atoms with van der Waals surface area (Å²) in [5.41, 5.74) is 10.6. The maximum Gasteiger partial charge on any atom is 0.328 e. The molecule has 0 aromatic carbocycles. The Bertz CT molecular complexity index is 719. The van der Waals surface area contributed by atoms with Crippen LogP contribution in [0.5, 0.6) is 0 Å². The molecular formula is C17H29N5O9S. The maximum absolute atomic E-state index is 12.7. The summed E-state index contributed by atoms with van der Waals surface area (Å²) in [4.78, 5) is 70.4. The Morgan fingerprint density at radius 1 is 0.875 bits per heavy atom. The molecule has 10 N–H and O–H groups in total. The van der Waals surface area contributed by atoms with Crippen molar-refractivity contribution in [3.63, 3.8) is 0 Å². The van der Waals surface area contributed by atoms with Crippen LogP contribution in [0.2, 0.25) is 0 Å². The molecule has 5 atom stereocenters. The number of hydrogen-bond acceptors (Lipinski definition) is 9. The van der Waals surface area contributed by atoms with E-state index in [4.69, 9.17) is 21.7 Å². The van der Waals surface area contributed by atoms with Crippen molar-refractivity contribution in [2.75, 3.05) is 5.75 Å². The zero-order valence-corrected chi connectivity index (χ0v) is 18.2. The largest absolute Gasteiger partial charge is 0.481 e. The second-order valence-corrected chi connectivity index (χ2v) is 7.28. The lowest BCUT2D eigenvalue weighted by Crippen LogP contribution is -2.58. The third-order valence-electron chi connectivity index (χ3n) is 4.17. The summed E-state index contributed by atoms with van der Waals surface area (Å²) in [6, 6.07) is -5.67. The van der Waals surface area contributed by atoms with Crippen LogP contribution in [-0.2, 0) is 28.8 Å². The van der Waals surface area contributed by atoms with Crippen LogP contribution in [0.15, 0.2) is 0 Å². The number of primary amides is 1. The lowest BCUT2D eigenvalue weighted by atomic mass is 10.1. The molecule has 0 saturated carbocycles. The van der Waals surface area contributed by atoms with Crippen molar-refractivity contribution in [3.05, 3.63) is 0 Å². The summed E-state index contributed by atoms with van der Waals surface area (Å²) in [6.07, 6.45) is -3.01. The van der Waals surface area contributed by atoms with E-state index in [2.05, 4.69) is 23.3 Å². The van der Waals surface area contributed by atoms with Crippen LogP contribution in [-0.4, -0.2) is 86.9 Å². The highest BCUT2D eigenvalue weighted by Gasteiger charge is 2.32. The van der Waals surface area contributed by atoms with E-state index in [0.29, 0.717) is 0 Å². The summed E-state index contributed by atoms with van der Waals surface area (Å²) >= 11 is 3.86. The molecule has 0 spiro atoms. The average molecular weight is 480 g/mol. The van der Waals surface area contributed by atoms with E-state index in [1.807, 2.05) is 5.32 Å². The number of aliphatic hydroxyl groups is 1. The van der Waals surface area contributed by atoms with E-state index >= 15 is 0 Å². The molecule has 0 aliphatic carbocycles. The van der Waals surface area contributed by atoms with Gasteiger partial charge in [0.1, 0.15) is 12.1 Å². The van der Waals surface area contributed by atoms with Gasteiger partial charge in [0.05, 0.1) is 12.1 Å². The predicted molar refractivity (Wildman–Crippen MR) is 112 cm³/mol. The summed E-state index contributed by atoms with van der Waals surface area (Å²) < 4.78 is 0. The number of hydrogen-bond donors (Lipinski definition) is 9. The van der Waals surface area contributed by atoms with Crippen LogP contribution in [0.25, 0.3) is 0 Å². The van der Waals surface area contributed by atoms with Gasteiger partial charge in [0.25, 0.3) is 0 Å². The Morgan fingerprint density at radius 3 is 1.75 bits per heavy atom. The van der Waals surface area contributed by atoms with Gasteiger partial charge < -0.3 is 42.7 Å². The number of nitrogens with two attached hydrogens (primary N) is 2. The van der Waals surface area contributed by atoms with Gasteiger partial charge in [0, 0.05) is 18.6 Å². The first kappa shape index (κ1) is 29.1. The lowest BCUT2D eigenvalue weighted by Gasteiger charge is -2.25. The number of nitrogens with one attached hydrogen (secondary N) is 3. The minimum absolute atomic E-state index is 0.0569. The van der Waals surface area contributed by atoms with Crippen LogP contribution in [0.4, 0.5) is 0 Å². The van der Waals surface area contributed by atoms with Crippen LogP contribution in [0.3, 0.4) is 0 Å². The number of rotatable bonds is 15. The molecule has 0 rings (SSSR count). The molecule has 5 unspecified atom stereocenters. The zero-order valence-electron chi connectivity index (χ0n) is 17.3. The smallest absolute Gasteiger partial charge is 0.328 e. The van der Waals surface area contributed by atoms with Crippen molar-refractivity contribution < 1.29 is 44.1 Å². The number of amides is 4. The van der Waals surface area contributed by atoms with Crippen molar-refractivity contribution >= 4 is 48.2 Å². The summed E-state index contributed by atoms with van der Waals surface area (Å²) in [5, 5.41) is 34.0. The minimum atomic E-state index is -1.70. The molecule has 4 amide bonds. The molecule has 182 valence electrons. The highest BCUT2D eigenvalue weighted by atomic mass is 32.1. The highest BCUT2D eigenvalue weighted by Crippen LogP contribution is 2.05. The fourth-order valence-electron chi connectivity index (χ4n) is 2.37. The lowest BCUT2D eigenvalue weighted by molar-refractivity contribution is -0.145. The molecular weight excluding hydrogens is 450 g/mol. The van der Waals surface area contributed by atoms with E-state index in [1.165, 1.54) is 0 Å². The van der Waals surface area contributed by atoms with Gasteiger partial charge in [0.2, 0.25) is 23.6 Å². The molecule has 0 bridgehead atoms. The topological polar surface area (TPSA) is 251 Å². The molecule has 0 radical (unpaired) electrons. The Labute approximate surface area is 188 Å². The van der Waals surface area contributed by atoms with Crippen molar-refractivity contribution in [2.24, 2.45) is 11.5 Å². The Hall–Kier alpha value is -2.91. The first-order valence-corrected chi connectivity index (χ1v) is 10.1. The maximum atomic E-state index is 12.7. The van der Waals surface area contributed by atoms with E-state index in [1.54, 1.807) is 0 Å². The van der Waals surface area contributed by atoms with Crippen molar-refractivity contribution in [2.45, 2.75) is 62.9 Å². The number of thiol groups is 1. The van der Waals surface area contributed by atoms with Gasteiger partial charge in [-0.15, -0.1) is 0 Å². The van der Waals surface area contributed by atoms with E-state index in [-0.39, 0.29) is 25.0 Å². The van der Waals surface area contributed by atoms with Crippen LogP contribution < -0.4 is 27.4 Å². The van der Waals surface area contributed by atoms with Crippen LogP contribution in [0.1, 0.15) is 32.6 Å². The number of carboxylic acids is 2. The molecule has 32 heavy (non-hydrogen) atoms. The van der Waals surface area contributed by atoms with E-state index in [0.717, 1.165) is 6.92 Å². The fourth-order valence-corrected chi connectivity index (χ4v) is 2.53. The van der Waals surface area contributed by atoms with Gasteiger partial charge in [-0.2, -0.15) is 12.6 Å². The summed E-state index contributed by atoms with van der Waals surface area (Å²) in [5.74, 6) is -6.46. The number of aliphatic carboxylic acids is 2. The third kappa shape index (κ3) is 10.9. The van der Waals surface area contributed by atoms with Crippen LogP contribution >= 0.6 is 12.6 Å². The van der Waals surface area contributed by atoms with Gasteiger partial charge in [-0.05, 0) is 19.8 Å². The number of carbonyl (C=O) groups is 6. The minimum Gasteiger partial charge on any atom is -0.481 e. The summed E-state index contributed by atoms with van der Waals surface area (Å²) in [7, 11) is 0. The quantitative estimate of drug-likeness (QED) is 0.104. The monoisotopic (exact) mass is 479 g/mol. The number of aliphatic hydroxyl groups excluding tert-OH is 1. The van der Waals surface area contributed by atoms with E-state index in [9.17, 15) is 33.9 Å². The second kappa shape index (κ2) is 14.2.